The minimum atomic E-state index is -0.433. The highest BCUT2D eigenvalue weighted by Crippen LogP contribution is 2.48. The van der Waals surface area contributed by atoms with Crippen molar-refractivity contribution in [3.8, 4) is 33.4 Å². The van der Waals surface area contributed by atoms with Crippen LogP contribution in [-0.4, -0.2) is 0 Å². The van der Waals surface area contributed by atoms with E-state index in [0.717, 1.165) is 65.4 Å². The zero-order chi connectivity index (χ0) is 40.4. The smallest absolute Gasteiger partial charge is 0.143 e. The number of hydrogen-bond donors (Lipinski definition) is 0. The summed E-state index contributed by atoms with van der Waals surface area (Å²) in [6.07, 6.45) is 0. The largest absolute Gasteiger partial charge is 0.455 e. The number of hydrogen-bond acceptors (Lipinski definition) is 1. The molecule has 0 spiro atoms. The van der Waals surface area contributed by atoms with Crippen LogP contribution in [0.4, 0.5) is 0 Å². The second kappa shape index (κ2) is 10.9. The average molecular weight is 655 g/mol. The molecule has 0 aliphatic carbocycles. The van der Waals surface area contributed by atoms with Crippen LogP contribution in [0.25, 0.3) is 109 Å². The molecule has 1 aromatic heterocycles. The van der Waals surface area contributed by atoms with Crippen molar-refractivity contribution < 1.29 is 15.4 Å². The van der Waals surface area contributed by atoms with E-state index in [2.05, 4.69) is 24.3 Å². The maximum absolute atomic E-state index is 9.52. The Morgan fingerprint density at radius 2 is 0.784 bits per heavy atom. The Labute approximate surface area is 305 Å². The van der Waals surface area contributed by atoms with E-state index in [-0.39, 0.29) is 45.7 Å². The minimum absolute atomic E-state index is 0.181. The number of fused-ring (bicyclic) bond motifs is 9. The van der Waals surface area contributed by atoms with Gasteiger partial charge in [-0.3, -0.25) is 0 Å². The van der Waals surface area contributed by atoms with Crippen LogP contribution < -0.4 is 0 Å². The Kier molecular flexibility index (Phi) is 4.57. The van der Waals surface area contributed by atoms with Gasteiger partial charge >= 0.3 is 0 Å². The van der Waals surface area contributed by atoms with E-state index >= 15 is 0 Å². The van der Waals surface area contributed by atoms with E-state index in [9.17, 15) is 5.48 Å². The van der Waals surface area contributed by atoms with Crippen molar-refractivity contribution in [3.05, 3.63) is 182 Å². The molecule has 1 heterocycles. The lowest BCUT2D eigenvalue weighted by Gasteiger charge is -2.20. The van der Waals surface area contributed by atoms with Crippen molar-refractivity contribution in [1.82, 2.24) is 0 Å². The van der Waals surface area contributed by atoms with Crippen LogP contribution in [0.5, 0.6) is 0 Å². The summed E-state index contributed by atoms with van der Waals surface area (Å²) < 4.78 is 80.3. The highest BCUT2D eigenvalue weighted by molar-refractivity contribution is 6.26. The molecule has 51 heavy (non-hydrogen) atoms. The Morgan fingerprint density at radius 1 is 0.333 bits per heavy atom. The fraction of sp³-hybridized carbons (Fsp3) is 0. The summed E-state index contributed by atoms with van der Waals surface area (Å²) in [5.41, 5.74) is 5.08. The van der Waals surface area contributed by atoms with Gasteiger partial charge in [0.05, 0.1) is 11.0 Å². The molecule has 1 heteroatoms. The summed E-state index contributed by atoms with van der Waals surface area (Å²) in [7, 11) is 0. The number of para-hydroxylation sites is 1. The lowest BCUT2D eigenvalue weighted by molar-refractivity contribution is 0.670. The molecule has 11 rings (SSSR count). The van der Waals surface area contributed by atoms with Gasteiger partial charge in [0.25, 0.3) is 0 Å². The van der Waals surface area contributed by atoms with Crippen LogP contribution in [0.1, 0.15) is 11.0 Å². The van der Waals surface area contributed by atoms with Gasteiger partial charge in [-0.15, -0.1) is 0 Å². The third-order valence-corrected chi connectivity index (χ3v) is 10.3. The van der Waals surface area contributed by atoms with E-state index in [4.69, 9.17) is 9.90 Å². The molecule has 0 aliphatic rings. The SMILES string of the molecule is [2H]c1c([2H])c([2H])c2c(-c3cccc4c(-c5cccc6c5oc5ccc7ccccc7c56)cccc34)c3c([2H])c([2H])c([2H])c([2H])c3c(-c3cccc4ccccc34)c2c1[2H]. The van der Waals surface area contributed by atoms with Gasteiger partial charge < -0.3 is 4.42 Å². The molecule has 1 nitrogen and oxygen atoms in total. The van der Waals surface area contributed by atoms with Crippen molar-refractivity contribution in [2.24, 2.45) is 0 Å². The molecular formula is C50H30O. The summed E-state index contributed by atoms with van der Waals surface area (Å²) in [6, 6.07) is 40.6. The normalized spacial score (nSPS) is 14.1. The Bertz CT molecular complexity index is 3580. The van der Waals surface area contributed by atoms with Crippen LogP contribution >= 0.6 is 0 Å². The second-order valence-electron chi connectivity index (χ2n) is 12.9. The molecule has 0 N–H and O–H groups in total. The standard InChI is InChI=1S/C50H30O/c1-3-16-33-31(13-1)15-9-25-38(33)47-40-18-5-7-20-42(40)48(43-21-8-6-19-41(43)47)39-26-11-22-35-36(39)23-10-24-37(35)44-27-12-28-45-49-34-17-4-2-14-32(34)29-30-46(49)51-50(44)45/h1-30H/i5D,6D,7D,8D,18D,19D,20D,21D. The molecule has 0 amide bonds. The highest BCUT2D eigenvalue weighted by atomic mass is 16.3. The van der Waals surface area contributed by atoms with Crippen molar-refractivity contribution in [3.63, 3.8) is 0 Å². The van der Waals surface area contributed by atoms with Crippen molar-refractivity contribution in [1.29, 1.82) is 0 Å². The number of rotatable bonds is 3. The molecular weight excluding hydrogens is 617 g/mol. The zero-order valence-electron chi connectivity index (χ0n) is 35.1. The monoisotopic (exact) mass is 654 g/mol. The fourth-order valence-electron chi connectivity index (χ4n) is 8.15. The van der Waals surface area contributed by atoms with Gasteiger partial charge in [-0.2, -0.15) is 0 Å². The molecule has 0 saturated carbocycles. The van der Waals surface area contributed by atoms with Crippen LogP contribution in [0.15, 0.2) is 186 Å². The lowest BCUT2D eigenvalue weighted by Crippen LogP contribution is -1.92. The Hall–Kier alpha value is -6.70. The third-order valence-electron chi connectivity index (χ3n) is 10.3. The predicted octanol–water partition coefficient (Wildman–Crippen LogP) is 14.4. The Morgan fingerprint density at radius 3 is 1.45 bits per heavy atom. The topological polar surface area (TPSA) is 13.1 Å². The summed E-state index contributed by atoms with van der Waals surface area (Å²) in [5, 5.41) is 8.21. The summed E-state index contributed by atoms with van der Waals surface area (Å²) in [5.74, 6) is 0. The molecule has 0 unspecified atom stereocenters. The average Bonchev–Trinajstić information content (AvgIpc) is 3.67. The lowest BCUT2D eigenvalue weighted by atomic mass is 9.83. The summed E-state index contributed by atoms with van der Waals surface area (Å²) in [6.45, 7) is 0. The van der Waals surface area contributed by atoms with Crippen LogP contribution in [0, 0.1) is 0 Å². The second-order valence-corrected chi connectivity index (χ2v) is 12.9. The van der Waals surface area contributed by atoms with Crippen molar-refractivity contribution in [2.45, 2.75) is 0 Å². The zero-order valence-corrected chi connectivity index (χ0v) is 27.1. The molecule has 11 aromatic rings. The Balaban J connectivity index is 1.31. The van der Waals surface area contributed by atoms with Crippen molar-refractivity contribution in [2.75, 3.05) is 0 Å². The molecule has 0 fully saturated rings. The summed E-state index contributed by atoms with van der Waals surface area (Å²) in [4.78, 5) is 0. The van der Waals surface area contributed by atoms with Gasteiger partial charge in [0, 0.05) is 16.3 Å². The third kappa shape index (κ3) is 4.09. The molecule has 0 radical (unpaired) electrons. The highest BCUT2D eigenvalue weighted by Gasteiger charge is 2.21. The van der Waals surface area contributed by atoms with Crippen LogP contribution in [0.2, 0.25) is 0 Å². The van der Waals surface area contributed by atoms with Gasteiger partial charge in [0.1, 0.15) is 11.2 Å². The minimum Gasteiger partial charge on any atom is -0.455 e. The predicted molar refractivity (Wildman–Crippen MR) is 218 cm³/mol. The van der Waals surface area contributed by atoms with E-state index in [1.165, 1.54) is 0 Å². The molecule has 0 saturated heterocycles. The first-order chi connectivity index (χ1) is 28.7. The van der Waals surface area contributed by atoms with Gasteiger partial charge in [-0.05, 0) is 87.7 Å². The van der Waals surface area contributed by atoms with Crippen LogP contribution in [0.3, 0.4) is 0 Å². The first-order valence-electron chi connectivity index (χ1n) is 20.9. The van der Waals surface area contributed by atoms with E-state index in [1.54, 1.807) is 0 Å². The quantitative estimate of drug-likeness (QED) is 0.173. The molecule has 0 bridgehead atoms. The maximum Gasteiger partial charge on any atom is 0.143 e. The van der Waals surface area contributed by atoms with Gasteiger partial charge in [0.15, 0.2) is 0 Å². The van der Waals surface area contributed by atoms with E-state index < -0.39 is 24.2 Å². The van der Waals surface area contributed by atoms with Gasteiger partial charge in [-0.1, -0.05) is 176 Å². The van der Waals surface area contributed by atoms with E-state index in [0.29, 0.717) is 22.3 Å². The van der Waals surface area contributed by atoms with Gasteiger partial charge in [-0.25, -0.2) is 0 Å². The van der Waals surface area contributed by atoms with Crippen molar-refractivity contribution >= 4 is 75.8 Å². The number of benzene rings is 10. The summed E-state index contributed by atoms with van der Waals surface area (Å²) >= 11 is 0. The maximum atomic E-state index is 9.52. The molecule has 0 atom stereocenters. The number of furan rings is 1. The molecule has 10 aromatic carbocycles. The molecule has 236 valence electrons. The fourth-order valence-corrected chi connectivity index (χ4v) is 8.15. The van der Waals surface area contributed by atoms with E-state index in [1.807, 2.05) is 109 Å². The first-order valence-corrected chi connectivity index (χ1v) is 16.9. The molecule has 0 aliphatic heterocycles. The van der Waals surface area contributed by atoms with Gasteiger partial charge in [0.2, 0.25) is 0 Å². The first kappa shape index (κ1) is 21.4. The van der Waals surface area contributed by atoms with Crippen LogP contribution in [-0.2, 0) is 0 Å².